The van der Waals surface area contributed by atoms with Crippen LogP contribution >= 0.6 is 0 Å². The van der Waals surface area contributed by atoms with Gasteiger partial charge in [-0.3, -0.25) is 4.79 Å². The van der Waals surface area contributed by atoms with Crippen LogP contribution in [-0.4, -0.2) is 27.5 Å². The summed E-state index contributed by atoms with van der Waals surface area (Å²) in [5.74, 6) is 0.851. The van der Waals surface area contributed by atoms with Gasteiger partial charge in [0.15, 0.2) is 5.78 Å². The van der Waals surface area contributed by atoms with E-state index in [2.05, 4.69) is 67.7 Å². The van der Waals surface area contributed by atoms with Crippen LogP contribution in [0.15, 0.2) is 18.2 Å². The molecular formula is C21H34O4Si2. The van der Waals surface area contributed by atoms with Crippen molar-refractivity contribution in [3.8, 4) is 11.5 Å². The molecule has 1 N–H and O–H groups in total. The minimum Gasteiger partial charge on any atom is -0.543 e. The number of hydrogen-bond acceptors (Lipinski definition) is 4. The number of allylic oxidation sites excluding steroid dienone is 1. The summed E-state index contributed by atoms with van der Waals surface area (Å²) < 4.78 is 12.8. The van der Waals surface area contributed by atoms with Gasteiger partial charge in [-0.05, 0) is 48.4 Å². The standard InChI is InChI=1S/C21H34O4Si2/c1-20(2,3)26(7,8)24-16-11-12-17(25-27(9,10)21(4,5)6)19-15(23)13-14(22)18(16)19/h11-13,22H,1-10H3. The van der Waals surface area contributed by atoms with Gasteiger partial charge in [0.1, 0.15) is 17.3 Å². The molecule has 1 aromatic rings. The van der Waals surface area contributed by atoms with Gasteiger partial charge in [-0.2, -0.15) is 0 Å². The Morgan fingerprint density at radius 2 is 1.15 bits per heavy atom. The van der Waals surface area contributed by atoms with E-state index in [1.165, 1.54) is 6.08 Å². The van der Waals surface area contributed by atoms with Crippen LogP contribution in [-0.2, 0) is 0 Å². The highest BCUT2D eigenvalue weighted by molar-refractivity contribution is 6.75. The number of rotatable bonds is 4. The molecule has 0 aromatic heterocycles. The van der Waals surface area contributed by atoms with E-state index in [-0.39, 0.29) is 21.6 Å². The minimum absolute atomic E-state index is 0.00726. The van der Waals surface area contributed by atoms with E-state index in [1.807, 2.05) is 12.1 Å². The van der Waals surface area contributed by atoms with E-state index in [4.69, 9.17) is 8.85 Å². The van der Waals surface area contributed by atoms with E-state index in [0.717, 1.165) is 0 Å². The highest BCUT2D eigenvalue weighted by atomic mass is 28.4. The molecule has 0 saturated heterocycles. The molecule has 0 aliphatic heterocycles. The van der Waals surface area contributed by atoms with Crippen molar-refractivity contribution in [3.63, 3.8) is 0 Å². The largest absolute Gasteiger partial charge is 0.543 e. The van der Waals surface area contributed by atoms with Gasteiger partial charge in [-0.15, -0.1) is 0 Å². The van der Waals surface area contributed by atoms with Crippen molar-refractivity contribution >= 4 is 28.2 Å². The average molecular weight is 407 g/mol. The Bertz CT molecular complexity index is 794. The third-order valence-electron chi connectivity index (χ3n) is 6.24. The number of hydrogen-bond donors (Lipinski definition) is 1. The average Bonchev–Trinajstić information content (AvgIpc) is 2.74. The third kappa shape index (κ3) is 4.01. The Morgan fingerprint density at radius 3 is 1.52 bits per heavy atom. The molecule has 150 valence electrons. The molecule has 27 heavy (non-hydrogen) atoms. The zero-order valence-electron chi connectivity index (χ0n) is 18.4. The van der Waals surface area contributed by atoms with Gasteiger partial charge in [-0.1, -0.05) is 41.5 Å². The number of carbonyl (C=O) groups excluding carboxylic acids is 1. The number of ketones is 1. The maximum absolute atomic E-state index is 12.6. The Kier molecular flexibility index (Phi) is 5.25. The number of benzene rings is 1. The quantitative estimate of drug-likeness (QED) is 0.576. The monoisotopic (exact) mass is 406 g/mol. The SMILES string of the molecule is CC(C)(C)[Si](C)(C)Oc1ccc(O[Si](C)(C)C(C)(C)C)c2c1C(=O)C=C2O. The normalized spacial score (nSPS) is 15.5. The van der Waals surface area contributed by atoms with Crippen LogP contribution in [0.3, 0.4) is 0 Å². The predicted octanol–water partition coefficient (Wildman–Crippen LogP) is 6.55. The number of fused-ring (bicyclic) bond motifs is 1. The molecule has 0 radical (unpaired) electrons. The lowest BCUT2D eigenvalue weighted by Gasteiger charge is -2.38. The van der Waals surface area contributed by atoms with Crippen LogP contribution in [0.5, 0.6) is 11.5 Å². The zero-order valence-corrected chi connectivity index (χ0v) is 20.4. The molecule has 2 rings (SSSR count). The summed E-state index contributed by atoms with van der Waals surface area (Å²) in [6.07, 6.45) is 1.27. The number of carbonyl (C=O) groups is 1. The first-order chi connectivity index (χ1) is 12.0. The summed E-state index contributed by atoms with van der Waals surface area (Å²) >= 11 is 0. The highest BCUT2D eigenvalue weighted by Crippen LogP contribution is 2.46. The second-order valence-corrected chi connectivity index (χ2v) is 19.9. The van der Waals surface area contributed by atoms with Crippen LogP contribution in [0, 0.1) is 0 Å². The second kappa shape index (κ2) is 6.52. The topological polar surface area (TPSA) is 55.8 Å². The van der Waals surface area contributed by atoms with Crippen molar-refractivity contribution in [2.45, 2.75) is 77.8 Å². The first kappa shape index (κ1) is 21.8. The highest BCUT2D eigenvalue weighted by Gasteiger charge is 2.43. The second-order valence-electron chi connectivity index (χ2n) is 10.4. The Balaban J connectivity index is 2.55. The molecule has 4 nitrogen and oxygen atoms in total. The van der Waals surface area contributed by atoms with E-state index < -0.39 is 16.6 Å². The van der Waals surface area contributed by atoms with Gasteiger partial charge in [0.25, 0.3) is 16.6 Å². The van der Waals surface area contributed by atoms with E-state index in [1.54, 1.807) is 0 Å². The molecule has 1 aromatic carbocycles. The molecule has 0 bridgehead atoms. The van der Waals surface area contributed by atoms with Crippen LogP contribution in [0.4, 0.5) is 0 Å². The maximum atomic E-state index is 12.6. The van der Waals surface area contributed by atoms with Crippen LogP contribution in [0.2, 0.25) is 36.3 Å². The van der Waals surface area contributed by atoms with Gasteiger partial charge < -0.3 is 14.0 Å². The molecule has 0 heterocycles. The van der Waals surface area contributed by atoms with Crippen molar-refractivity contribution in [2.24, 2.45) is 0 Å². The Morgan fingerprint density at radius 1 is 0.778 bits per heavy atom. The zero-order chi connectivity index (χ0) is 21.0. The van der Waals surface area contributed by atoms with Crippen molar-refractivity contribution < 1.29 is 18.8 Å². The maximum Gasteiger partial charge on any atom is 0.250 e. The first-order valence-electron chi connectivity index (χ1n) is 9.48. The van der Waals surface area contributed by atoms with E-state index in [0.29, 0.717) is 22.6 Å². The predicted molar refractivity (Wildman–Crippen MR) is 117 cm³/mol. The van der Waals surface area contributed by atoms with Crippen LogP contribution in [0.1, 0.15) is 57.5 Å². The molecule has 0 amide bonds. The van der Waals surface area contributed by atoms with Crippen LogP contribution < -0.4 is 8.85 Å². The van der Waals surface area contributed by atoms with Crippen LogP contribution in [0.25, 0.3) is 5.76 Å². The lowest BCUT2D eigenvalue weighted by molar-refractivity contribution is 0.104. The van der Waals surface area contributed by atoms with Crippen molar-refractivity contribution in [1.82, 2.24) is 0 Å². The van der Waals surface area contributed by atoms with Gasteiger partial charge in [0.2, 0.25) is 0 Å². The summed E-state index contributed by atoms with van der Waals surface area (Å²) in [4.78, 5) is 12.6. The molecule has 1 aliphatic rings. The van der Waals surface area contributed by atoms with Crippen molar-refractivity contribution in [1.29, 1.82) is 0 Å². The molecule has 0 saturated carbocycles. The van der Waals surface area contributed by atoms with Crippen molar-refractivity contribution in [3.05, 3.63) is 29.3 Å². The lowest BCUT2D eigenvalue weighted by Crippen LogP contribution is -2.44. The molecule has 1 aliphatic carbocycles. The van der Waals surface area contributed by atoms with Gasteiger partial charge in [-0.25, -0.2) is 0 Å². The molecule has 0 fully saturated rings. The molecule has 6 heteroatoms. The lowest BCUT2D eigenvalue weighted by atomic mass is 10.1. The Labute approximate surface area is 165 Å². The summed E-state index contributed by atoms with van der Waals surface area (Å²) in [5, 5.41) is 10.5. The third-order valence-corrected chi connectivity index (χ3v) is 14.9. The molecule has 0 unspecified atom stereocenters. The summed E-state index contributed by atoms with van der Waals surface area (Å²) in [6, 6.07) is 3.66. The van der Waals surface area contributed by atoms with E-state index >= 15 is 0 Å². The van der Waals surface area contributed by atoms with Gasteiger partial charge in [0.05, 0.1) is 11.1 Å². The van der Waals surface area contributed by atoms with Gasteiger partial charge in [0, 0.05) is 6.08 Å². The summed E-state index contributed by atoms with van der Waals surface area (Å²) in [5.41, 5.74) is 0.898. The fraction of sp³-hybridized carbons (Fsp3) is 0.571. The Hall–Kier alpha value is -1.54. The smallest absolute Gasteiger partial charge is 0.250 e. The fourth-order valence-electron chi connectivity index (χ4n) is 2.36. The van der Waals surface area contributed by atoms with E-state index in [9.17, 15) is 9.90 Å². The summed E-state index contributed by atoms with van der Waals surface area (Å²) in [7, 11) is -4.24. The fourth-order valence-corrected chi connectivity index (χ4v) is 4.41. The molecule has 0 spiro atoms. The summed E-state index contributed by atoms with van der Waals surface area (Å²) in [6.45, 7) is 21.6. The molecule has 0 atom stereocenters. The first-order valence-corrected chi connectivity index (χ1v) is 15.3. The number of aliphatic hydroxyl groups is 1. The van der Waals surface area contributed by atoms with Gasteiger partial charge >= 0.3 is 0 Å². The minimum atomic E-state index is -2.12. The molecular weight excluding hydrogens is 372 g/mol. The van der Waals surface area contributed by atoms with Crippen molar-refractivity contribution in [2.75, 3.05) is 0 Å². The number of aliphatic hydroxyl groups excluding tert-OH is 1.